The molecular formula is C23H31BN2O2. The number of hydrogen-bond donors (Lipinski definition) is 0. The second-order valence-electron chi connectivity index (χ2n) is 8.89. The number of hydrogen-bond acceptors (Lipinski definition) is 4. The molecule has 2 aromatic carbocycles. The van der Waals surface area contributed by atoms with Crippen molar-refractivity contribution in [3.63, 3.8) is 0 Å². The largest absolute Gasteiger partial charge is 0.495 e. The van der Waals surface area contributed by atoms with Gasteiger partial charge in [0.05, 0.1) is 11.2 Å². The van der Waals surface area contributed by atoms with Crippen molar-refractivity contribution in [1.82, 2.24) is 4.90 Å². The summed E-state index contributed by atoms with van der Waals surface area (Å²) in [6, 6.07) is 19.3. The van der Waals surface area contributed by atoms with Crippen molar-refractivity contribution in [3.8, 4) is 0 Å². The molecule has 0 aromatic heterocycles. The van der Waals surface area contributed by atoms with E-state index in [1.165, 1.54) is 11.3 Å². The van der Waals surface area contributed by atoms with Crippen LogP contribution in [-0.2, 0) is 15.9 Å². The van der Waals surface area contributed by atoms with Gasteiger partial charge in [-0.15, -0.1) is 0 Å². The third kappa shape index (κ3) is 3.84. The van der Waals surface area contributed by atoms with E-state index in [9.17, 15) is 0 Å². The Morgan fingerprint density at radius 2 is 1.36 bits per heavy atom. The molecule has 0 radical (unpaired) electrons. The van der Waals surface area contributed by atoms with Crippen molar-refractivity contribution in [1.29, 1.82) is 0 Å². The summed E-state index contributed by atoms with van der Waals surface area (Å²) in [6.45, 7) is 13.6. The van der Waals surface area contributed by atoms with Crippen LogP contribution < -0.4 is 10.4 Å². The highest BCUT2D eigenvalue weighted by Crippen LogP contribution is 2.36. The van der Waals surface area contributed by atoms with Gasteiger partial charge in [0.15, 0.2) is 0 Å². The first kappa shape index (κ1) is 19.5. The maximum absolute atomic E-state index is 6.31. The van der Waals surface area contributed by atoms with Gasteiger partial charge in [0, 0.05) is 38.4 Å². The zero-order valence-electron chi connectivity index (χ0n) is 17.5. The molecule has 0 spiro atoms. The fourth-order valence-corrected chi connectivity index (χ4v) is 3.92. The molecule has 0 atom stereocenters. The highest BCUT2D eigenvalue weighted by Gasteiger charge is 2.52. The van der Waals surface area contributed by atoms with Gasteiger partial charge in [-0.25, -0.2) is 0 Å². The molecule has 2 heterocycles. The molecule has 5 heteroatoms. The van der Waals surface area contributed by atoms with Crippen LogP contribution in [0, 0.1) is 0 Å². The van der Waals surface area contributed by atoms with Crippen molar-refractivity contribution in [2.24, 2.45) is 0 Å². The van der Waals surface area contributed by atoms with E-state index in [2.05, 4.69) is 92.1 Å². The number of benzene rings is 2. The van der Waals surface area contributed by atoms with E-state index in [1.54, 1.807) is 0 Å². The molecule has 2 aliphatic rings. The first-order valence-electron chi connectivity index (χ1n) is 10.3. The van der Waals surface area contributed by atoms with Crippen LogP contribution in [0.25, 0.3) is 0 Å². The Kier molecular flexibility index (Phi) is 5.25. The summed E-state index contributed by atoms with van der Waals surface area (Å²) in [5.74, 6) is 0. The maximum Gasteiger partial charge on any atom is 0.495 e. The van der Waals surface area contributed by atoms with Gasteiger partial charge in [-0.2, -0.15) is 0 Å². The van der Waals surface area contributed by atoms with Gasteiger partial charge >= 0.3 is 7.12 Å². The lowest BCUT2D eigenvalue weighted by Gasteiger charge is -2.36. The molecular weight excluding hydrogens is 347 g/mol. The zero-order chi connectivity index (χ0) is 19.8. The van der Waals surface area contributed by atoms with Crippen LogP contribution in [0.2, 0.25) is 0 Å². The summed E-state index contributed by atoms with van der Waals surface area (Å²) >= 11 is 0. The average molecular weight is 378 g/mol. The first-order chi connectivity index (χ1) is 13.4. The summed E-state index contributed by atoms with van der Waals surface area (Å²) in [5, 5.41) is 0. The second kappa shape index (κ2) is 7.55. The van der Waals surface area contributed by atoms with Crippen molar-refractivity contribution in [3.05, 3.63) is 60.2 Å². The van der Waals surface area contributed by atoms with Gasteiger partial charge in [-0.3, -0.25) is 4.90 Å². The number of piperazine rings is 1. The van der Waals surface area contributed by atoms with Crippen molar-refractivity contribution < 1.29 is 9.31 Å². The minimum Gasteiger partial charge on any atom is -0.399 e. The van der Waals surface area contributed by atoms with Gasteiger partial charge in [0.1, 0.15) is 0 Å². The monoisotopic (exact) mass is 378 g/mol. The predicted molar refractivity (Wildman–Crippen MR) is 116 cm³/mol. The minimum absolute atomic E-state index is 0.299. The van der Waals surface area contributed by atoms with E-state index in [0.717, 1.165) is 38.2 Å². The van der Waals surface area contributed by atoms with Crippen molar-refractivity contribution >= 4 is 18.3 Å². The first-order valence-corrected chi connectivity index (χ1v) is 10.3. The van der Waals surface area contributed by atoms with Gasteiger partial charge in [-0.05, 0) is 50.9 Å². The van der Waals surface area contributed by atoms with Crippen LogP contribution in [0.1, 0.15) is 33.3 Å². The Balaban J connectivity index is 1.43. The fraction of sp³-hybridized carbons (Fsp3) is 0.478. The minimum atomic E-state index is -0.313. The third-order valence-electron chi connectivity index (χ3n) is 6.45. The van der Waals surface area contributed by atoms with Crippen LogP contribution in [0.5, 0.6) is 0 Å². The number of nitrogens with zero attached hydrogens (tertiary/aromatic N) is 2. The molecule has 2 fully saturated rings. The van der Waals surface area contributed by atoms with Gasteiger partial charge in [-0.1, -0.05) is 42.5 Å². The average Bonchev–Trinajstić information content (AvgIpc) is 2.91. The molecule has 2 saturated heterocycles. The Morgan fingerprint density at radius 3 is 2.00 bits per heavy atom. The lowest BCUT2D eigenvalue weighted by atomic mass is 9.76. The van der Waals surface area contributed by atoms with E-state index in [4.69, 9.17) is 9.31 Å². The van der Waals surface area contributed by atoms with Crippen LogP contribution in [0.15, 0.2) is 54.6 Å². The lowest BCUT2D eigenvalue weighted by molar-refractivity contribution is 0.00578. The Bertz CT molecular complexity index is 785. The lowest BCUT2D eigenvalue weighted by Crippen LogP contribution is -2.47. The maximum atomic E-state index is 6.31. The standard InChI is InChI=1S/C23H31BN2O2/c1-22(2)23(3,4)28-24(27-22)21-13-9-8-10-19(21)18-25-14-16-26(17-15-25)20-11-6-5-7-12-20/h5-13H,14-18H2,1-4H3. The molecule has 0 bridgehead atoms. The summed E-state index contributed by atoms with van der Waals surface area (Å²) < 4.78 is 12.6. The zero-order valence-corrected chi connectivity index (χ0v) is 17.5. The Morgan fingerprint density at radius 1 is 0.786 bits per heavy atom. The van der Waals surface area contributed by atoms with E-state index >= 15 is 0 Å². The van der Waals surface area contributed by atoms with Crippen LogP contribution in [-0.4, -0.2) is 49.4 Å². The number of para-hydroxylation sites is 1. The van der Waals surface area contributed by atoms with Gasteiger partial charge in [0.25, 0.3) is 0 Å². The third-order valence-corrected chi connectivity index (χ3v) is 6.45. The predicted octanol–water partition coefficient (Wildman–Crippen LogP) is 3.31. The molecule has 4 rings (SSSR count). The van der Waals surface area contributed by atoms with Crippen LogP contribution in [0.3, 0.4) is 0 Å². The highest BCUT2D eigenvalue weighted by atomic mass is 16.7. The number of rotatable bonds is 4. The quantitative estimate of drug-likeness (QED) is 0.763. The fourth-order valence-electron chi connectivity index (χ4n) is 3.92. The highest BCUT2D eigenvalue weighted by molar-refractivity contribution is 6.62. The molecule has 0 saturated carbocycles. The second-order valence-corrected chi connectivity index (χ2v) is 8.89. The van der Waals surface area contributed by atoms with Crippen LogP contribution in [0.4, 0.5) is 5.69 Å². The molecule has 0 unspecified atom stereocenters. The van der Waals surface area contributed by atoms with E-state index < -0.39 is 0 Å². The SMILES string of the molecule is CC1(C)OB(c2ccccc2CN2CCN(c3ccccc3)CC2)OC1(C)C. The smallest absolute Gasteiger partial charge is 0.399 e. The molecule has 0 aliphatic carbocycles. The summed E-state index contributed by atoms with van der Waals surface area (Å²) in [5.41, 5.74) is 3.15. The molecule has 148 valence electrons. The van der Waals surface area contributed by atoms with Gasteiger partial charge < -0.3 is 14.2 Å². The molecule has 2 aromatic rings. The van der Waals surface area contributed by atoms with Crippen molar-refractivity contribution in [2.75, 3.05) is 31.1 Å². The molecule has 0 N–H and O–H groups in total. The Hall–Kier alpha value is -1.82. The summed E-state index contributed by atoms with van der Waals surface area (Å²) in [6.07, 6.45) is 0. The molecule has 0 amide bonds. The van der Waals surface area contributed by atoms with Crippen LogP contribution >= 0.6 is 0 Å². The van der Waals surface area contributed by atoms with E-state index in [-0.39, 0.29) is 18.3 Å². The topological polar surface area (TPSA) is 24.9 Å². The van der Waals surface area contributed by atoms with Crippen molar-refractivity contribution in [2.45, 2.75) is 45.4 Å². The Labute approximate surface area is 169 Å². The van der Waals surface area contributed by atoms with Gasteiger partial charge in [0.2, 0.25) is 0 Å². The number of anilines is 1. The van der Waals surface area contributed by atoms with E-state index in [0.29, 0.717) is 0 Å². The normalized spacial score (nSPS) is 21.9. The molecule has 4 nitrogen and oxygen atoms in total. The summed E-state index contributed by atoms with van der Waals surface area (Å²) in [4.78, 5) is 5.00. The molecule has 2 aliphatic heterocycles. The van der Waals surface area contributed by atoms with E-state index in [1.807, 2.05) is 0 Å². The molecule has 28 heavy (non-hydrogen) atoms. The summed E-state index contributed by atoms with van der Waals surface area (Å²) in [7, 11) is -0.299.